The van der Waals surface area contributed by atoms with Gasteiger partial charge in [-0.2, -0.15) is 0 Å². The van der Waals surface area contributed by atoms with E-state index in [1.54, 1.807) is 0 Å². The maximum Gasteiger partial charge on any atom is 0.0378 e. The third-order valence-electron chi connectivity index (χ3n) is 2.19. The molecule has 1 nitrogen and oxygen atoms in total. The zero-order chi connectivity index (χ0) is 9.84. The zero-order valence-corrected chi connectivity index (χ0v) is 9.02. The Balaban J connectivity index is 0.000000396. The summed E-state index contributed by atoms with van der Waals surface area (Å²) in [6.07, 6.45) is 1.18. The lowest BCUT2D eigenvalue weighted by molar-refractivity contribution is 0.839. The van der Waals surface area contributed by atoms with Gasteiger partial charge in [0.1, 0.15) is 0 Å². The monoisotopic (exact) mass is 177 g/mol. The van der Waals surface area contributed by atoms with Gasteiger partial charge in [0.25, 0.3) is 0 Å². The van der Waals surface area contributed by atoms with E-state index in [1.807, 2.05) is 13.8 Å². The number of hydrogen-bond donors (Lipinski definition) is 1. The molecule has 0 aromatic heterocycles. The van der Waals surface area contributed by atoms with Gasteiger partial charge in [-0.15, -0.1) is 0 Å². The predicted molar refractivity (Wildman–Crippen MR) is 59.3 cm³/mol. The van der Waals surface area contributed by atoms with E-state index in [2.05, 4.69) is 37.4 Å². The second-order valence-electron chi connectivity index (χ2n) is 3.41. The molecule has 1 aromatic rings. The normalized spacial score (nSPS) is 18.3. The van der Waals surface area contributed by atoms with Crippen molar-refractivity contribution >= 4 is 5.69 Å². The van der Waals surface area contributed by atoms with Gasteiger partial charge in [-0.25, -0.2) is 0 Å². The Morgan fingerprint density at radius 2 is 2.00 bits per heavy atom. The molecule has 0 amide bonds. The quantitative estimate of drug-likeness (QED) is 0.640. The standard InChI is InChI=1S/C10H13N.C2H6/c1-7-3-4-9-6-8(2)11-10(9)5-7;1-2/h3-5,8,11H,6H2,1-2H3;1-2H3. The fraction of sp³-hybridized carbons (Fsp3) is 0.500. The number of nitrogens with one attached hydrogen (secondary N) is 1. The molecule has 1 heterocycles. The topological polar surface area (TPSA) is 12.0 Å². The summed E-state index contributed by atoms with van der Waals surface area (Å²) in [5.74, 6) is 0. The Kier molecular flexibility index (Phi) is 3.35. The summed E-state index contributed by atoms with van der Waals surface area (Å²) in [6, 6.07) is 7.24. The molecule has 2 rings (SSSR count). The minimum Gasteiger partial charge on any atom is -0.382 e. The largest absolute Gasteiger partial charge is 0.382 e. The third-order valence-corrected chi connectivity index (χ3v) is 2.19. The van der Waals surface area contributed by atoms with Crippen molar-refractivity contribution in [3.05, 3.63) is 29.3 Å². The molecule has 0 radical (unpaired) electrons. The molecule has 72 valence electrons. The summed E-state index contributed by atoms with van der Waals surface area (Å²) >= 11 is 0. The molecule has 1 aromatic carbocycles. The smallest absolute Gasteiger partial charge is 0.0378 e. The van der Waals surface area contributed by atoms with Gasteiger partial charge in [0.2, 0.25) is 0 Å². The minimum absolute atomic E-state index is 0.617. The Bertz CT molecular complexity index is 278. The fourth-order valence-electron chi connectivity index (χ4n) is 1.65. The summed E-state index contributed by atoms with van der Waals surface area (Å²) in [5.41, 5.74) is 4.13. The lowest BCUT2D eigenvalue weighted by atomic mass is 10.1. The first kappa shape index (κ1) is 10.1. The molecule has 0 spiro atoms. The van der Waals surface area contributed by atoms with E-state index in [1.165, 1.54) is 23.2 Å². The molecular weight excluding hydrogens is 158 g/mol. The highest BCUT2D eigenvalue weighted by atomic mass is 14.9. The second-order valence-corrected chi connectivity index (χ2v) is 3.41. The Hall–Kier alpha value is -0.980. The molecule has 1 aliphatic rings. The highest BCUT2D eigenvalue weighted by Crippen LogP contribution is 2.26. The van der Waals surface area contributed by atoms with Gasteiger partial charge in [0.05, 0.1) is 0 Å². The number of fused-ring (bicyclic) bond motifs is 1. The lowest BCUT2D eigenvalue weighted by Crippen LogP contribution is -2.08. The molecule has 1 aliphatic heterocycles. The van der Waals surface area contributed by atoms with Gasteiger partial charge in [0, 0.05) is 11.7 Å². The zero-order valence-electron chi connectivity index (χ0n) is 9.02. The van der Waals surface area contributed by atoms with Crippen LogP contribution in [0.4, 0.5) is 5.69 Å². The van der Waals surface area contributed by atoms with Crippen LogP contribution in [0.25, 0.3) is 0 Å². The second kappa shape index (κ2) is 4.31. The lowest BCUT2D eigenvalue weighted by Gasteiger charge is -2.02. The SMILES string of the molecule is CC.Cc1ccc2c(c1)NC(C)C2. The molecule has 1 heteroatoms. The van der Waals surface area contributed by atoms with Crippen molar-refractivity contribution in [2.45, 2.75) is 40.2 Å². The first-order valence-corrected chi connectivity index (χ1v) is 5.12. The average Bonchev–Trinajstić information content (AvgIpc) is 2.48. The Labute approximate surface area is 81.2 Å². The van der Waals surface area contributed by atoms with Crippen LogP contribution in [-0.4, -0.2) is 6.04 Å². The maximum atomic E-state index is 3.44. The van der Waals surface area contributed by atoms with E-state index in [0.717, 1.165) is 0 Å². The molecule has 0 bridgehead atoms. The van der Waals surface area contributed by atoms with Crippen molar-refractivity contribution in [2.75, 3.05) is 5.32 Å². The number of anilines is 1. The number of benzene rings is 1. The molecular formula is C12H19N. The van der Waals surface area contributed by atoms with Crippen LogP contribution in [0.1, 0.15) is 31.9 Å². The maximum absolute atomic E-state index is 3.44. The van der Waals surface area contributed by atoms with E-state index >= 15 is 0 Å². The summed E-state index contributed by atoms with van der Waals surface area (Å²) in [7, 11) is 0. The molecule has 13 heavy (non-hydrogen) atoms. The van der Waals surface area contributed by atoms with Crippen LogP contribution in [0.15, 0.2) is 18.2 Å². The minimum atomic E-state index is 0.617. The van der Waals surface area contributed by atoms with Crippen LogP contribution < -0.4 is 5.32 Å². The molecule has 0 saturated heterocycles. The Morgan fingerprint density at radius 3 is 2.69 bits per heavy atom. The van der Waals surface area contributed by atoms with E-state index in [0.29, 0.717) is 6.04 Å². The van der Waals surface area contributed by atoms with Crippen molar-refractivity contribution in [3.8, 4) is 0 Å². The molecule has 1 N–H and O–H groups in total. The van der Waals surface area contributed by atoms with Crippen LogP contribution in [0.2, 0.25) is 0 Å². The van der Waals surface area contributed by atoms with Gasteiger partial charge < -0.3 is 5.32 Å². The van der Waals surface area contributed by atoms with Crippen LogP contribution in [0.5, 0.6) is 0 Å². The van der Waals surface area contributed by atoms with E-state index in [9.17, 15) is 0 Å². The van der Waals surface area contributed by atoms with Crippen LogP contribution >= 0.6 is 0 Å². The third kappa shape index (κ3) is 2.24. The van der Waals surface area contributed by atoms with Crippen LogP contribution in [0.3, 0.4) is 0 Å². The highest BCUT2D eigenvalue weighted by Gasteiger charge is 2.15. The van der Waals surface area contributed by atoms with E-state index in [4.69, 9.17) is 0 Å². The average molecular weight is 177 g/mol. The number of rotatable bonds is 0. The molecule has 0 saturated carbocycles. The van der Waals surface area contributed by atoms with Crippen LogP contribution in [-0.2, 0) is 6.42 Å². The van der Waals surface area contributed by atoms with Crippen molar-refractivity contribution in [2.24, 2.45) is 0 Å². The summed E-state index contributed by atoms with van der Waals surface area (Å²) in [5, 5.41) is 3.44. The first-order chi connectivity index (χ1) is 6.25. The highest BCUT2D eigenvalue weighted by molar-refractivity contribution is 5.57. The predicted octanol–water partition coefficient (Wildman–Crippen LogP) is 3.38. The molecule has 1 unspecified atom stereocenters. The number of hydrogen-bond acceptors (Lipinski definition) is 1. The van der Waals surface area contributed by atoms with Gasteiger partial charge in [0.15, 0.2) is 0 Å². The summed E-state index contributed by atoms with van der Waals surface area (Å²) in [6.45, 7) is 8.35. The molecule has 0 aliphatic carbocycles. The van der Waals surface area contributed by atoms with Crippen molar-refractivity contribution < 1.29 is 0 Å². The van der Waals surface area contributed by atoms with Crippen molar-refractivity contribution in [1.82, 2.24) is 0 Å². The fourth-order valence-corrected chi connectivity index (χ4v) is 1.65. The summed E-state index contributed by atoms with van der Waals surface area (Å²) in [4.78, 5) is 0. The first-order valence-electron chi connectivity index (χ1n) is 5.12. The van der Waals surface area contributed by atoms with E-state index in [-0.39, 0.29) is 0 Å². The summed E-state index contributed by atoms with van der Waals surface area (Å²) < 4.78 is 0. The van der Waals surface area contributed by atoms with Crippen LogP contribution in [0, 0.1) is 6.92 Å². The van der Waals surface area contributed by atoms with Gasteiger partial charge in [-0.3, -0.25) is 0 Å². The Morgan fingerprint density at radius 1 is 1.31 bits per heavy atom. The number of aryl methyl sites for hydroxylation is 1. The van der Waals surface area contributed by atoms with Crippen molar-refractivity contribution in [1.29, 1.82) is 0 Å². The van der Waals surface area contributed by atoms with Crippen molar-refractivity contribution in [3.63, 3.8) is 0 Å². The van der Waals surface area contributed by atoms with Gasteiger partial charge >= 0.3 is 0 Å². The molecule has 1 atom stereocenters. The van der Waals surface area contributed by atoms with Gasteiger partial charge in [-0.05, 0) is 37.5 Å². The van der Waals surface area contributed by atoms with E-state index < -0.39 is 0 Å². The van der Waals surface area contributed by atoms with Gasteiger partial charge in [-0.1, -0.05) is 26.0 Å². The molecule has 0 fully saturated rings.